The third-order valence-corrected chi connectivity index (χ3v) is 4.40. The summed E-state index contributed by atoms with van der Waals surface area (Å²) < 4.78 is 5.66. The number of carbonyl (C=O) groups excluding carboxylic acids is 3. The van der Waals surface area contributed by atoms with E-state index in [-0.39, 0.29) is 18.6 Å². The fourth-order valence-corrected chi connectivity index (χ4v) is 2.79. The van der Waals surface area contributed by atoms with Crippen LogP contribution in [0.3, 0.4) is 0 Å². The predicted octanol–water partition coefficient (Wildman–Crippen LogP) is 3.42. The molecule has 0 radical (unpaired) electrons. The minimum atomic E-state index is -0.803. The lowest BCUT2D eigenvalue weighted by Gasteiger charge is -2.15. The highest BCUT2D eigenvalue weighted by Gasteiger charge is 2.16. The van der Waals surface area contributed by atoms with E-state index in [1.54, 1.807) is 37.3 Å². The molecule has 1 atom stereocenters. The molecule has 29 heavy (non-hydrogen) atoms. The summed E-state index contributed by atoms with van der Waals surface area (Å²) in [5.41, 5.74) is 5.20. The van der Waals surface area contributed by atoms with Crippen molar-refractivity contribution in [3.05, 3.63) is 78.4 Å². The van der Waals surface area contributed by atoms with Gasteiger partial charge in [-0.25, -0.2) is 0 Å². The molecule has 148 valence electrons. The number of carbonyl (C=O) groups is 3. The molecule has 2 amide bonds. The van der Waals surface area contributed by atoms with Crippen molar-refractivity contribution in [1.29, 1.82) is 0 Å². The molecule has 0 heterocycles. The molecule has 0 saturated carbocycles. The number of hydrogen-bond donors (Lipinski definition) is 2. The van der Waals surface area contributed by atoms with Crippen molar-refractivity contribution < 1.29 is 19.1 Å². The molecule has 2 N–H and O–H groups in total. The molecule has 0 spiro atoms. The van der Waals surface area contributed by atoms with Gasteiger partial charge in [0.05, 0.1) is 0 Å². The van der Waals surface area contributed by atoms with Crippen LogP contribution in [0.4, 0.5) is 0 Å². The van der Waals surface area contributed by atoms with E-state index in [9.17, 15) is 14.4 Å². The predicted molar refractivity (Wildman–Crippen MR) is 110 cm³/mol. The lowest BCUT2D eigenvalue weighted by atomic mass is 10.1. The van der Waals surface area contributed by atoms with Gasteiger partial charge in [-0.15, -0.1) is 0 Å². The molecule has 0 bridgehead atoms. The molecule has 0 aromatic heterocycles. The summed E-state index contributed by atoms with van der Waals surface area (Å²) in [7, 11) is 0. The second-order valence-corrected chi connectivity index (χ2v) is 6.60. The molecule has 0 saturated heterocycles. The van der Waals surface area contributed by atoms with E-state index in [4.69, 9.17) is 4.74 Å². The van der Waals surface area contributed by atoms with E-state index >= 15 is 0 Å². The van der Waals surface area contributed by atoms with Crippen molar-refractivity contribution in [2.45, 2.75) is 25.9 Å². The number of Topliss-reactive ketones (excluding diaryl/α,β-unsaturated/α-hetero) is 1. The van der Waals surface area contributed by atoms with E-state index in [1.165, 1.54) is 0 Å². The second-order valence-electron chi connectivity index (χ2n) is 6.60. The van der Waals surface area contributed by atoms with Crippen molar-refractivity contribution in [3.63, 3.8) is 0 Å². The molecule has 6 nitrogen and oxygen atoms in total. The summed E-state index contributed by atoms with van der Waals surface area (Å²) in [6.07, 6.45) is -0.759. The van der Waals surface area contributed by atoms with Gasteiger partial charge in [0.2, 0.25) is 5.91 Å². The zero-order chi connectivity index (χ0) is 20.6. The van der Waals surface area contributed by atoms with Gasteiger partial charge in [-0.2, -0.15) is 0 Å². The summed E-state index contributed by atoms with van der Waals surface area (Å²) in [4.78, 5) is 36.1. The Hall–Kier alpha value is -3.67. The third-order valence-electron chi connectivity index (χ3n) is 4.40. The molecule has 0 aliphatic heterocycles. The highest BCUT2D eigenvalue weighted by molar-refractivity contribution is 5.98. The zero-order valence-electron chi connectivity index (χ0n) is 16.1. The Labute approximate surface area is 168 Å². The van der Waals surface area contributed by atoms with Crippen LogP contribution in [0, 0.1) is 0 Å². The van der Waals surface area contributed by atoms with Crippen molar-refractivity contribution in [3.8, 4) is 5.75 Å². The molecule has 1 unspecified atom stereocenters. The number of amides is 2. The quantitative estimate of drug-likeness (QED) is 0.478. The average molecular weight is 390 g/mol. The smallest absolute Gasteiger partial charge is 0.279 e. The fraction of sp³-hybridized carbons (Fsp3) is 0.174. The first-order chi connectivity index (χ1) is 14.0. The Kier molecular flexibility index (Phi) is 6.58. The number of hydrazine groups is 1. The van der Waals surface area contributed by atoms with E-state index in [0.29, 0.717) is 11.3 Å². The van der Waals surface area contributed by atoms with Crippen LogP contribution in [0.25, 0.3) is 10.8 Å². The first kappa shape index (κ1) is 20.1. The van der Waals surface area contributed by atoms with Crippen molar-refractivity contribution >= 4 is 28.4 Å². The zero-order valence-corrected chi connectivity index (χ0v) is 16.1. The van der Waals surface area contributed by atoms with Crippen LogP contribution in [0.15, 0.2) is 72.8 Å². The summed E-state index contributed by atoms with van der Waals surface area (Å²) in [6.45, 7) is 1.59. The Bertz CT molecular complexity index is 1020. The number of ether oxygens (including phenoxy) is 1. The second kappa shape index (κ2) is 9.50. The van der Waals surface area contributed by atoms with Crippen LogP contribution in [-0.2, 0) is 9.59 Å². The van der Waals surface area contributed by atoms with E-state index in [0.717, 1.165) is 10.8 Å². The van der Waals surface area contributed by atoms with Gasteiger partial charge in [-0.1, -0.05) is 60.7 Å². The molecule has 0 aliphatic carbocycles. The maximum absolute atomic E-state index is 12.2. The van der Waals surface area contributed by atoms with E-state index in [2.05, 4.69) is 10.9 Å². The minimum Gasteiger partial charge on any atom is -0.481 e. The largest absolute Gasteiger partial charge is 0.481 e. The SMILES string of the molecule is CC(Oc1ccc2ccccc2c1)C(=O)NNC(=O)CCC(=O)c1ccccc1. The molecule has 3 rings (SSSR count). The normalized spacial score (nSPS) is 11.5. The first-order valence-electron chi connectivity index (χ1n) is 9.35. The number of rotatable bonds is 7. The maximum Gasteiger partial charge on any atom is 0.279 e. The monoisotopic (exact) mass is 390 g/mol. The topological polar surface area (TPSA) is 84.5 Å². The summed E-state index contributed by atoms with van der Waals surface area (Å²) in [6, 6.07) is 22.2. The van der Waals surface area contributed by atoms with Gasteiger partial charge in [0.1, 0.15) is 5.75 Å². The third kappa shape index (κ3) is 5.65. The molecular formula is C23H22N2O4. The number of ketones is 1. The molecule has 3 aromatic carbocycles. The van der Waals surface area contributed by atoms with Gasteiger partial charge in [0, 0.05) is 18.4 Å². The van der Waals surface area contributed by atoms with Gasteiger partial charge in [0.25, 0.3) is 5.91 Å². The Morgan fingerprint density at radius 2 is 1.52 bits per heavy atom. The highest BCUT2D eigenvalue weighted by atomic mass is 16.5. The lowest BCUT2D eigenvalue weighted by molar-refractivity contribution is -0.132. The molecule has 3 aromatic rings. The molecule has 0 fully saturated rings. The number of fused-ring (bicyclic) bond motifs is 1. The van der Waals surface area contributed by atoms with Crippen molar-refractivity contribution in [2.75, 3.05) is 0 Å². The van der Waals surface area contributed by atoms with Crippen molar-refractivity contribution in [2.24, 2.45) is 0 Å². The van der Waals surface area contributed by atoms with E-state index in [1.807, 2.05) is 42.5 Å². The number of nitrogens with one attached hydrogen (secondary N) is 2. The molecular weight excluding hydrogens is 368 g/mol. The van der Waals surface area contributed by atoms with Gasteiger partial charge < -0.3 is 4.74 Å². The Morgan fingerprint density at radius 1 is 0.828 bits per heavy atom. The van der Waals surface area contributed by atoms with Crippen molar-refractivity contribution in [1.82, 2.24) is 10.9 Å². The molecule has 0 aliphatic rings. The van der Waals surface area contributed by atoms with Gasteiger partial charge in [-0.3, -0.25) is 25.2 Å². The minimum absolute atomic E-state index is 0.0199. The fourth-order valence-electron chi connectivity index (χ4n) is 2.79. The standard InChI is InChI=1S/C23H22N2O4/c1-16(29-20-12-11-17-7-5-6-10-19(17)15-20)23(28)25-24-22(27)14-13-21(26)18-8-3-2-4-9-18/h2-12,15-16H,13-14H2,1H3,(H,24,27)(H,25,28). The Balaban J connectivity index is 1.44. The van der Waals surface area contributed by atoms with E-state index < -0.39 is 17.9 Å². The maximum atomic E-state index is 12.2. The van der Waals surface area contributed by atoms with Crippen LogP contribution < -0.4 is 15.6 Å². The van der Waals surface area contributed by atoms with Crippen LogP contribution in [0.2, 0.25) is 0 Å². The number of hydrogen-bond acceptors (Lipinski definition) is 4. The van der Waals surface area contributed by atoms with Gasteiger partial charge in [-0.05, 0) is 29.8 Å². The summed E-state index contributed by atoms with van der Waals surface area (Å²) >= 11 is 0. The van der Waals surface area contributed by atoms with Gasteiger partial charge >= 0.3 is 0 Å². The highest BCUT2D eigenvalue weighted by Crippen LogP contribution is 2.21. The van der Waals surface area contributed by atoms with Crippen LogP contribution in [0.5, 0.6) is 5.75 Å². The Morgan fingerprint density at radius 3 is 2.28 bits per heavy atom. The summed E-state index contributed by atoms with van der Waals surface area (Å²) in [5, 5.41) is 2.09. The van der Waals surface area contributed by atoms with Crippen LogP contribution in [0.1, 0.15) is 30.1 Å². The average Bonchev–Trinajstić information content (AvgIpc) is 2.76. The summed E-state index contributed by atoms with van der Waals surface area (Å²) in [5.74, 6) is -0.493. The number of benzene rings is 3. The van der Waals surface area contributed by atoms with Crippen LogP contribution in [-0.4, -0.2) is 23.7 Å². The molecule has 6 heteroatoms. The lowest BCUT2D eigenvalue weighted by Crippen LogP contribution is -2.47. The first-order valence-corrected chi connectivity index (χ1v) is 9.35. The van der Waals surface area contributed by atoms with Gasteiger partial charge in [0.15, 0.2) is 11.9 Å². The van der Waals surface area contributed by atoms with Crippen LogP contribution >= 0.6 is 0 Å².